The molecule has 12 heteroatoms. The van der Waals surface area contributed by atoms with Gasteiger partial charge in [0.15, 0.2) is 28.8 Å². The summed E-state index contributed by atoms with van der Waals surface area (Å²) in [6, 6.07) is 21.2. The number of nitrogens with zero attached hydrogens (tertiary/aromatic N) is 4. The van der Waals surface area contributed by atoms with E-state index in [-0.39, 0.29) is 11.4 Å². The lowest BCUT2D eigenvalue weighted by molar-refractivity contribution is 0.102. The molecule has 1 aliphatic heterocycles. The van der Waals surface area contributed by atoms with Crippen LogP contribution < -0.4 is 25.1 Å². The molecular formula is C40H37F2N5O5. The van der Waals surface area contributed by atoms with E-state index < -0.39 is 28.8 Å². The number of ether oxygens (including phenoxy) is 3. The number of pyridine rings is 1. The smallest absolute Gasteiger partial charge is 0.287 e. The topological polar surface area (TPSA) is 108 Å². The van der Waals surface area contributed by atoms with Crippen LogP contribution in [0.15, 0.2) is 95.9 Å². The Morgan fingerprint density at radius 2 is 1.69 bits per heavy atom. The summed E-state index contributed by atoms with van der Waals surface area (Å²) in [6.07, 6.45) is 4.91. The van der Waals surface area contributed by atoms with E-state index in [0.717, 1.165) is 38.0 Å². The number of likely N-dealkylation sites (tertiary alicyclic amines) is 1. The third-order valence-electron chi connectivity index (χ3n) is 9.21. The molecule has 1 N–H and O–H groups in total. The van der Waals surface area contributed by atoms with Gasteiger partial charge in [0.1, 0.15) is 11.6 Å². The molecule has 266 valence electrons. The van der Waals surface area contributed by atoms with Gasteiger partial charge in [0, 0.05) is 41.6 Å². The first-order valence-electron chi connectivity index (χ1n) is 17.2. The average Bonchev–Trinajstić information content (AvgIpc) is 3.15. The molecule has 0 unspecified atom stereocenters. The van der Waals surface area contributed by atoms with Gasteiger partial charge in [0.25, 0.3) is 11.5 Å². The molecule has 0 spiro atoms. The SMILES string of the molecule is COc1cc2c(Oc3ccc(NC(=O)c4nc5ccccc5n(-c5ccc(F)cc5)c4=O)cc3F)ccnc2cc1OCCCN1CCC(C)CC1. The van der Waals surface area contributed by atoms with Crippen LogP contribution in [0.2, 0.25) is 0 Å². The molecule has 1 saturated heterocycles. The minimum absolute atomic E-state index is 0.0791. The van der Waals surface area contributed by atoms with Gasteiger partial charge in [0.05, 0.1) is 30.3 Å². The third kappa shape index (κ3) is 7.42. The molecule has 1 aliphatic rings. The van der Waals surface area contributed by atoms with E-state index in [1.807, 2.05) is 0 Å². The minimum atomic E-state index is -0.842. The number of para-hydroxylation sites is 2. The summed E-state index contributed by atoms with van der Waals surface area (Å²) in [6.45, 7) is 6.05. The molecule has 7 rings (SSSR count). The first kappa shape index (κ1) is 34.6. The second-order valence-electron chi connectivity index (χ2n) is 12.8. The number of amides is 1. The second kappa shape index (κ2) is 15.2. The lowest BCUT2D eigenvalue weighted by atomic mass is 9.99. The summed E-state index contributed by atoms with van der Waals surface area (Å²) < 4.78 is 48.1. The summed E-state index contributed by atoms with van der Waals surface area (Å²) in [4.78, 5) is 38.2. The Hall–Kier alpha value is -5.88. The number of methoxy groups -OCH3 is 1. The molecule has 0 atom stereocenters. The first-order valence-corrected chi connectivity index (χ1v) is 17.2. The number of aromatic nitrogens is 3. The molecule has 0 bridgehead atoms. The van der Waals surface area contributed by atoms with Crippen molar-refractivity contribution in [2.75, 3.05) is 38.7 Å². The summed E-state index contributed by atoms with van der Waals surface area (Å²) in [5, 5.41) is 3.15. The van der Waals surface area contributed by atoms with Crippen LogP contribution in [0.25, 0.3) is 27.6 Å². The van der Waals surface area contributed by atoms with Crippen LogP contribution in [0.1, 0.15) is 36.7 Å². The van der Waals surface area contributed by atoms with Gasteiger partial charge in [-0.15, -0.1) is 0 Å². The zero-order valence-electron chi connectivity index (χ0n) is 28.8. The predicted molar refractivity (Wildman–Crippen MR) is 195 cm³/mol. The molecule has 4 aromatic carbocycles. The molecule has 0 saturated carbocycles. The Balaban J connectivity index is 1.07. The van der Waals surface area contributed by atoms with Gasteiger partial charge in [-0.25, -0.2) is 13.8 Å². The van der Waals surface area contributed by atoms with Gasteiger partial charge in [-0.1, -0.05) is 19.1 Å². The molecule has 10 nitrogen and oxygen atoms in total. The van der Waals surface area contributed by atoms with Gasteiger partial charge >= 0.3 is 0 Å². The Labute approximate surface area is 298 Å². The molecular weight excluding hydrogens is 668 g/mol. The van der Waals surface area contributed by atoms with Crippen LogP contribution >= 0.6 is 0 Å². The number of carbonyl (C=O) groups is 1. The zero-order valence-corrected chi connectivity index (χ0v) is 28.8. The first-order chi connectivity index (χ1) is 25.3. The van der Waals surface area contributed by atoms with Crippen molar-refractivity contribution in [3.8, 4) is 28.7 Å². The van der Waals surface area contributed by atoms with Crippen LogP contribution in [0.3, 0.4) is 0 Å². The van der Waals surface area contributed by atoms with Crippen molar-refractivity contribution in [1.29, 1.82) is 0 Å². The molecule has 3 heterocycles. The average molecular weight is 706 g/mol. The minimum Gasteiger partial charge on any atom is -0.493 e. The normalized spacial score (nSPS) is 13.7. The van der Waals surface area contributed by atoms with E-state index in [0.29, 0.717) is 51.5 Å². The Morgan fingerprint density at radius 3 is 2.46 bits per heavy atom. The largest absolute Gasteiger partial charge is 0.493 e. The molecule has 0 aliphatic carbocycles. The highest BCUT2D eigenvalue weighted by atomic mass is 19.1. The van der Waals surface area contributed by atoms with Crippen LogP contribution in [0.4, 0.5) is 14.5 Å². The van der Waals surface area contributed by atoms with Crippen molar-refractivity contribution in [2.24, 2.45) is 5.92 Å². The fourth-order valence-corrected chi connectivity index (χ4v) is 6.34. The van der Waals surface area contributed by atoms with Gasteiger partial charge in [-0.05, 0) is 98.9 Å². The number of nitrogens with one attached hydrogen (secondary N) is 1. The second-order valence-corrected chi connectivity index (χ2v) is 12.8. The van der Waals surface area contributed by atoms with E-state index in [1.54, 1.807) is 55.8 Å². The Morgan fingerprint density at radius 1 is 0.904 bits per heavy atom. The maximum atomic E-state index is 15.5. The summed E-state index contributed by atoms with van der Waals surface area (Å²) in [5.74, 6) is 0.0187. The maximum Gasteiger partial charge on any atom is 0.287 e. The van der Waals surface area contributed by atoms with E-state index in [4.69, 9.17) is 14.2 Å². The Bertz CT molecular complexity index is 2310. The monoisotopic (exact) mass is 705 g/mol. The van der Waals surface area contributed by atoms with Crippen molar-refractivity contribution in [2.45, 2.75) is 26.2 Å². The molecule has 0 radical (unpaired) electrons. The number of anilines is 1. The highest BCUT2D eigenvalue weighted by Crippen LogP contribution is 2.38. The van der Waals surface area contributed by atoms with Crippen molar-refractivity contribution >= 4 is 33.5 Å². The molecule has 1 amide bonds. The maximum absolute atomic E-state index is 15.5. The molecule has 1 fully saturated rings. The lowest BCUT2D eigenvalue weighted by Gasteiger charge is -2.30. The van der Waals surface area contributed by atoms with E-state index in [1.165, 1.54) is 53.8 Å². The predicted octanol–water partition coefficient (Wildman–Crippen LogP) is 7.77. The van der Waals surface area contributed by atoms with E-state index in [9.17, 15) is 14.0 Å². The fraction of sp³-hybridized carbons (Fsp3) is 0.250. The number of benzene rings is 4. The Kier molecular flexibility index (Phi) is 10.1. The van der Waals surface area contributed by atoms with Gasteiger partial charge in [0.2, 0.25) is 0 Å². The van der Waals surface area contributed by atoms with Gasteiger partial charge in [-0.3, -0.25) is 19.1 Å². The number of carbonyl (C=O) groups excluding carboxylic acids is 1. The third-order valence-corrected chi connectivity index (χ3v) is 9.21. The van der Waals surface area contributed by atoms with Gasteiger partial charge in [-0.2, -0.15) is 0 Å². The summed E-state index contributed by atoms with van der Waals surface area (Å²) in [7, 11) is 1.55. The van der Waals surface area contributed by atoms with Crippen LogP contribution in [-0.4, -0.2) is 58.7 Å². The number of hydrogen-bond donors (Lipinski definition) is 1. The highest BCUT2D eigenvalue weighted by Gasteiger charge is 2.21. The number of halogens is 2. The lowest BCUT2D eigenvalue weighted by Crippen LogP contribution is -2.34. The van der Waals surface area contributed by atoms with Gasteiger partial charge < -0.3 is 24.4 Å². The number of piperidine rings is 1. The highest BCUT2D eigenvalue weighted by molar-refractivity contribution is 6.03. The zero-order chi connectivity index (χ0) is 36.2. The van der Waals surface area contributed by atoms with Crippen molar-refractivity contribution < 1.29 is 27.8 Å². The fourth-order valence-electron chi connectivity index (χ4n) is 6.34. The molecule has 52 heavy (non-hydrogen) atoms. The molecule has 6 aromatic rings. The number of fused-ring (bicyclic) bond motifs is 2. The van der Waals surface area contributed by atoms with Crippen molar-refractivity contribution in [1.82, 2.24) is 19.4 Å². The number of hydrogen-bond acceptors (Lipinski definition) is 8. The van der Waals surface area contributed by atoms with Crippen LogP contribution in [0.5, 0.6) is 23.0 Å². The van der Waals surface area contributed by atoms with Crippen molar-refractivity contribution in [3.05, 3.63) is 119 Å². The summed E-state index contributed by atoms with van der Waals surface area (Å²) >= 11 is 0. The van der Waals surface area contributed by atoms with Crippen molar-refractivity contribution in [3.63, 3.8) is 0 Å². The quantitative estimate of drug-likeness (QED) is 0.136. The van der Waals surface area contributed by atoms with E-state index >= 15 is 4.39 Å². The molecule has 2 aromatic heterocycles. The standard InChI is InChI=1S/C40H37F2N5O5/c1-25-15-19-46(20-16-25)18-5-21-51-37-24-32-29(23-36(37)50-2)34(14-17-43-32)52-35-13-10-27(22-30(35)42)44-39(48)38-40(49)47(28-11-8-26(41)9-12-28)33-7-4-3-6-31(33)45-38/h3-4,6-14,17,22-25H,5,15-16,18-21H2,1-2H3,(H,44,48). The number of rotatable bonds is 11. The van der Waals surface area contributed by atoms with E-state index in [2.05, 4.69) is 27.1 Å². The summed E-state index contributed by atoms with van der Waals surface area (Å²) in [5.41, 5.74) is 0.687. The van der Waals surface area contributed by atoms with Crippen LogP contribution in [-0.2, 0) is 0 Å². The van der Waals surface area contributed by atoms with Crippen LogP contribution in [0, 0.1) is 17.6 Å².